The molecule has 0 aromatic carbocycles. The maximum atomic E-state index is 12.7. The van der Waals surface area contributed by atoms with E-state index in [1.165, 1.54) is 44.8 Å². The van der Waals surface area contributed by atoms with Gasteiger partial charge in [-0.1, -0.05) is 63.3 Å². The van der Waals surface area contributed by atoms with Gasteiger partial charge in [-0.3, -0.25) is 0 Å². The van der Waals surface area contributed by atoms with Crippen molar-refractivity contribution in [1.29, 1.82) is 0 Å². The Morgan fingerprint density at radius 1 is 0.733 bits per heavy atom. The summed E-state index contributed by atoms with van der Waals surface area (Å²) in [7, 11) is 1.45. The van der Waals surface area contributed by atoms with E-state index in [0.29, 0.717) is 11.1 Å². The third kappa shape index (κ3) is 5.74. The molecule has 164 valence electrons. The summed E-state index contributed by atoms with van der Waals surface area (Å²) >= 11 is 0. The highest BCUT2D eigenvalue weighted by molar-refractivity contribution is 6.12. The number of hydrogen-bond acceptors (Lipinski definition) is 5. The van der Waals surface area contributed by atoms with Crippen LogP contribution in [-0.4, -0.2) is 32.3 Å². The first kappa shape index (κ1) is 23.7. The molecule has 0 aliphatic heterocycles. The smallest absolute Gasteiger partial charge is 0.342 e. The highest BCUT2D eigenvalue weighted by atomic mass is 16.5. The van der Waals surface area contributed by atoms with E-state index in [-0.39, 0.29) is 30.1 Å². The summed E-state index contributed by atoms with van der Waals surface area (Å²) in [4.78, 5) is 25.3. The van der Waals surface area contributed by atoms with Crippen LogP contribution in [0.3, 0.4) is 0 Å². The molecule has 0 aromatic heterocycles. The Morgan fingerprint density at radius 3 is 1.70 bits per heavy atom. The number of hydrogen-bond donors (Lipinski definition) is 0. The summed E-state index contributed by atoms with van der Waals surface area (Å²) in [5.74, 6) is -0.789. The highest BCUT2D eigenvalue weighted by Gasteiger charge is 2.33. The minimum Gasteiger partial charge on any atom is -0.495 e. The van der Waals surface area contributed by atoms with Gasteiger partial charge >= 0.3 is 11.9 Å². The standard InChI is InChI=1S/C25H34O5/c1-5-8-9-10-11-12-13-18-14-16-19-20(17-15-18)22(25(27)30-7-3)23(28-4)21(19)24(26)29-6-2/h14-17H,5-13H2,1-4H3. The molecular weight excluding hydrogens is 380 g/mol. The predicted molar refractivity (Wildman–Crippen MR) is 119 cm³/mol. The van der Waals surface area contributed by atoms with Crippen molar-refractivity contribution in [2.45, 2.75) is 65.7 Å². The molecule has 0 amide bonds. The number of carbonyl (C=O) groups excluding carboxylic acids is 2. The second kappa shape index (κ2) is 12.2. The van der Waals surface area contributed by atoms with Gasteiger partial charge in [0.25, 0.3) is 0 Å². The van der Waals surface area contributed by atoms with E-state index in [0.717, 1.165) is 12.8 Å². The quantitative estimate of drug-likeness (QED) is 0.312. The van der Waals surface area contributed by atoms with Crippen molar-refractivity contribution in [3.63, 3.8) is 0 Å². The van der Waals surface area contributed by atoms with Crippen molar-refractivity contribution < 1.29 is 23.8 Å². The zero-order valence-corrected chi connectivity index (χ0v) is 18.7. The van der Waals surface area contributed by atoms with Crippen molar-refractivity contribution >= 4 is 11.9 Å². The van der Waals surface area contributed by atoms with Gasteiger partial charge in [0.15, 0.2) is 0 Å². The molecular formula is C25H34O5. The van der Waals surface area contributed by atoms with Crippen LogP contribution >= 0.6 is 0 Å². The van der Waals surface area contributed by atoms with Gasteiger partial charge < -0.3 is 14.2 Å². The highest BCUT2D eigenvalue weighted by Crippen LogP contribution is 2.43. The van der Waals surface area contributed by atoms with Crippen molar-refractivity contribution in [2.24, 2.45) is 0 Å². The largest absolute Gasteiger partial charge is 0.495 e. The maximum Gasteiger partial charge on any atom is 0.342 e. The van der Waals surface area contributed by atoms with Gasteiger partial charge in [-0.05, 0) is 32.3 Å². The molecule has 0 spiro atoms. The fraction of sp³-hybridized carbons (Fsp3) is 0.520. The molecule has 2 rings (SSSR count). The van der Waals surface area contributed by atoms with Crippen LogP contribution in [0.4, 0.5) is 0 Å². The molecule has 2 aliphatic carbocycles. The third-order valence-corrected chi connectivity index (χ3v) is 5.19. The Hall–Kier alpha value is -2.56. The lowest BCUT2D eigenvalue weighted by Gasteiger charge is -2.06. The molecule has 5 heteroatoms. The topological polar surface area (TPSA) is 61.8 Å². The molecule has 0 saturated heterocycles. The van der Waals surface area contributed by atoms with Crippen molar-refractivity contribution in [3.8, 4) is 16.9 Å². The predicted octanol–water partition coefficient (Wildman–Crippen LogP) is 6.06. The Bertz CT molecular complexity index is 756. The second-order valence-corrected chi connectivity index (χ2v) is 7.31. The van der Waals surface area contributed by atoms with Crippen LogP contribution in [-0.2, 0) is 15.9 Å². The zero-order chi connectivity index (χ0) is 21.9. The zero-order valence-electron chi connectivity index (χ0n) is 18.7. The third-order valence-electron chi connectivity index (χ3n) is 5.19. The number of ether oxygens (including phenoxy) is 3. The van der Waals surface area contributed by atoms with Crippen LogP contribution in [0, 0.1) is 0 Å². The Labute approximate surface area is 180 Å². The van der Waals surface area contributed by atoms with Crippen LogP contribution in [0.15, 0.2) is 24.3 Å². The number of fused-ring (bicyclic) bond motifs is 1. The first-order valence-corrected chi connectivity index (χ1v) is 11.1. The first-order chi connectivity index (χ1) is 14.6. The average Bonchev–Trinajstić information content (AvgIpc) is 2.91. The van der Waals surface area contributed by atoms with E-state index < -0.39 is 11.9 Å². The summed E-state index contributed by atoms with van der Waals surface area (Å²) < 4.78 is 15.9. The number of carbonyl (C=O) groups is 2. The van der Waals surface area contributed by atoms with E-state index in [2.05, 4.69) is 6.92 Å². The number of esters is 2. The fourth-order valence-corrected chi connectivity index (χ4v) is 3.71. The second-order valence-electron chi connectivity index (χ2n) is 7.31. The maximum absolute atomic E-state index is 12.7. The molecule has 5 nitrogen and oxygen atoms in total. The molecule has 0 saturated carbocycles. The lowest BCUT2D eigenvalue weighted by Crippen LogP contribution is -2.08. The summed E-state index contributed by atoms with van der Waals surface area (Å²) in [6.07, 6.45) is 8.39. The number of aryl methyl sites for hydroxylation is 1. The summed E-state index contributed by atoms with van der Waals surface area (Å²) in [5, 5.41) is 0. The summed E-state index contributed by atoms with van der Waals surface area (Å²) in [6, 6.07) is 7.81. The summed E-state index contributed by atoms with van der Waals surface area (Å²) in [5.41, 5.74) is 3.01. The molecule has 0 radical (unpaired) electrons. The SMILES string of the molecule is CCCCCCCCc1ccc2c(C(=O)OCC)c(OC)c(C(=O)OCC)c-2cc1. The van der Waals surface area contributed by atoms with E-state index in [1.807, 2.05) is 24.3 Å². The van der Waals surface area contributed by atoms with Crippen molar-refractivity contribution in [2.75, 3.05) is 20.3 Å². The van der Waals surface area contributed by atoms with Gasteiger partial charge in [-0.15, -0.1) is 0 Å². The lowest BCUT2D eigenvalue weighted by atomic mass is 10.1. The molecule has 0 bridgehead atoms. The first-order valence-electron chi connectivity index (χ1n) is 11.1. The van der Waals surface area contributed by atoms with Crippen LogP contribution in [0.5, 0.6) is 5.75 Å². The molecule has 0 unspecified atom stereocenters. The molecule has 0 fully saturated rings. The van der Waals surface area contributed by atoms with Crippen LogP contribution in [0.25, 0.3) is 11.1 Å². The Kier molecular flexibility index (Phi) is 9.65. The molecule has 0 N–H and O–H groups in total. The van der Waals surface area contributed by atoms with E-state index >= 15 is 0 Å². The van der Waals surface area contributed by atoms with Gasteiger partial charge in [0.2, 0.25) is 0 Å². The van der Waals surface area contributed by atoms with Gasteiger partial charge in [-0.25, -0.2) is 9.59 Å². The number of methoxy groups -OCH3 is 1. The monoisotopic (exact) mass is 414 g/mol. The van der Waals surface area contributed by atoms with Crippen molar-refractivity contribution in [1.82, 2.24) is 0 Å². The fourth-order valence-electron chi connectivity index (χ4n) is 3.71. The van der Waals surface area contributed by atoms with E-state index in [9.17, 15) is 9.59 Å². The van der Waals surface area contributed by atoms with Gasteiger partial charge in [-0.2, -0.15) is 0 Å². The molecule has 30 heavy (non-hydrogen) atoms. The number of unbranched alkanes of at least 4 members (excludes halogenated alkanes) is 5. The van der Waals surface area contributed by atoms with Crippen LogP contribution < -0.4 is 4.74 Å². The lowest BCUT2D eigenvalue weighted by molar-refractivity contribution is 0.0523. The van der Waals surface area contributed by atoms with Crippen LogP contribution in [0.1, 0.15) is 85.6 Å². The minimum atomic E-state index is -0.501. The van der Waals surface area contributed by atoms with Crippen molar-refractivity contribution in [3.05, 3.63) is 41.0 Å². The van der Waals surface area contributed by atoms with Gasteiger partial charge in [0.1, 0.15) is 16.9 Å². The van der Waals surface area contributed by atoms with E-state index in [1.54, 1.807) is 13.8 Å². The Morgan fingerprint density at radius 2 is 1.23 bits per heavy atom. The molecule has 0 aromatic rings. The minimum absolute atomic E-state index is 0.213. The van der Waals surface area contributed by atoms with E-state index in [4.69, 9.17) is 14.2 Å². The van der Waals surface area contributed by atoms with Gasteiger partial charge in [0, 0.05) is 11.1 Å². The summed E-state index contributed by atoms with van der Waals surface area (Å²) in [6.45, 7) is 6.21. The normalized spacial score (nSPS) is 10.8. The van der Waals surface area contributed by atoms with Crippen LogP contribution in [0.2, 0.25) is 0 Å². The molecule has 0 heterocycles. The van der Waals surface area contributed by atoms with Gasteiger partial charge in [0.05, 0.1) is 20.3 Å². The average molecular weight is 415 g/mol. The molecule has 0 atom stereocenters. The Balaban J connectivity index is 2.39. The molecule has 2 aliphatic rings. The number of rotatable bonds is 12.